The molecule has 4 heterocycles. The summed E-state index contributed by atoms with van der Waals surface area (Å²) in [5.41, 5.74) is 4.93. The first kappa shape index (κ1) is 28.8. The molecule has 0 saturated carbocycles. The lowest BCUT2D eigenvalue weighted by Gasteiger charge is -2.45. The quantitative estimate of drug-likeness (QED) is 0.281. The average Bonchev–Trinajstić information content (AvgIpc) is 3.53. The third-order valence-corrected chi connectivity index (χ3v) is 10.8. The molecule has 1 N–H and O–H groups in total. The van der Waals surface area contributed by atoms with Gasteiger partial charge in [-0.05, 0) is 99.7 Å². The summed E-state index contributed by atoms with van der Waals surface area (Å²) in [6.45, 7) is 4.70. The molecule has 3 aromatic carbocycles. The summed E-state index contributed by atoms with van der Waals surface area (Å²) >= 11 is 0. The van der Waals surface area contributed by atoms with Crippen LogP contribution in [0, 0.1) is 6.92 Å². The zero-order valence-electron chi connectivity index (χ0n) is 25.9. The largest absolute Gasteiger partial charge is 0.355 e. The number of likely N-dealkylation sites (tertiary alicyclic amines) is 1. The Kier molecular flexibility index (Phi) is 7.75. The maximum atomic E-state index is 13.5. The van der Waals surface area contributed by atoms with E-state index in [1.165, 1.54) is 36.8 Å². The zero-order chi connectivity index (χ0) is 30.3. The number of carbonyl (C=O) groups excluding carboxylic acids is 2. The molecule has 7 nitrogen and oxygen atoms in total. The first-order chi connectivity index (χ1) is 21.5. The second-order valence-corrected chi connectivity index (χ2v) is 13.1. The highest BCUT2D eigenvalue weighted by Gasteiger charge is 2.44. The molecule has 3 atom stereocenters. The van der Waals surface area contributed by atoms with Crippen molar-refractivity contribution in [1.82, 2.24) is 24.7 Å². The molecule has 0 spiro atoms. The molecule has 7 rings (SSSR count). The van der Waals surface area contributed by atoms with E-state index in [1.807, 2.05) is 11.0 Å². The van der Waals surface area contributed by atoms with Crippen molar-refractivity contribution >= 4 is 22.8 Å². The summed E-state index contributed by atoms with van der Waals surface area (Å²) in [4.78, 5) is 35.4. The number of carbonyl (C=O) groups is 2. The Labute approximate surface area is 260 Å². The van der Waals surface area contributed by atoms with E-state index in [2.05, 4.69) is 76.3 Å². The van der Waals surface area contributed by atoms with Crippen molar-refractivity contribution in [2.45, 2.75) is 75.4 Å². The van der Waals surface area contributed by atoms with Crippen molar-refractivity contribution in [2.24, 2.45) is 0 Å². The van der Waals surface area contributed by atoms with Crippen LogP contribution in [0.5, 0.6) is 0 Å². The molecule has 1 unspecified atom stereocenters. The van der Waals surface area contributed by atoms with Crippen LogP contribution in [-0.2, 0) is 5.41 Å². The normalized spacial score (nSPS) is 23.1. The van der Waals surface area contributed by atoms with Crippen LogP contribution in [0.3, 0.4) is 0 Å². The predicted molar refractivity (Wildman–Crippen MR) is 174 cm³/mol. The standard InChI is InChI=1S/C37H43N5O2/c1-26-39-33-13-6-7-14-34(33)42(26)32-24-30-15-16-31(25-32)41(30)22-19-37(29-11-4-3-5-12-29)17-20-40(21-18-37)36(44)28-10-8-9-27(23-28)35(43)38-2/h3-14,23,30-32H,15-22,24-25H2,1-2H3,(H,38,43)/t30-,31+,32?. The summed E-state index contributed by atoms with van der Waals surface area (Å²) in [5, 5.41) is 2.65. The lowest BCUT2D eigenvalue weighted by molar-refractivity contribution is 0.0607. The second-order valence-electron chi connectivity index (χ2n) is 13.1. The van der Waals surface area contributed by atoms with Crippen LogP contribution in [0.25, 0.3) is 11.0 Å². The van der Waals surface area contributed by atoms with E-state index in [4.69, 9.17) is 4.98 Å². The number of para-hydroxylation sites is 2. The Bertz CT molecular complexity index is 1640. The highest BCUT2D eigenvalue weighted by molar-refractivity contribution is 5.99. The third kappa shape index (κ3) is 5.21. The van der Waals surface area contributed by atoms with E-state index in [1.54, 1.807) is 25.2 Å². The molecule has 3 fully saturated rings. The van der Waals surface area contributed by atoms with Gasteiger partial charge in [-0.1, -0.05) is 48.5 Å². The lowest BCUT2D eigenvalue weighted by atomic mass is 9.70. The number of rotatable bonds is 7. The molecule has 2 amide bonds. The minimum Gasteiger partial charge on any atom is -0.355 e. The van der Waals surface area contributed by atoms with E-state index in [0.717, 1.165) is 50.2 Å². The fourth-order valence-corrected chi connectivity index (χ4v) is 8.52. The van der Waals surface area contributed by atoms with Crippen molar-refractivity contribution < 1.29 is 9.59 Å². The molecule has 2 bridgehead atoms. The van der Waals surface area contributed by atoms with E-state index >= 15 is 0 Å². The van der Waals surface area contributed by atoms with E-state index in [9.17, 15) is 9.59 Å². The van der Waals surface area contributed by atoms with Crippen LogP contribution >= 0.6 is 0 Å². The highest BCUT2D eigenvalue weighted by Crippen LogP contribution is 2.45. The fourth-order valence-electron chi connectivity index (χ4n) is 8.52. The van der Waals surface area contributed by atoms with Gasteiger partial charge in [-0.15, -0.1) is 0 Å². The maximum Gasteiger partial charge on any atom is 0.253 e. The van der Waals surface area contributed by atoms with Crippen molar-refractivity contribution in [3.05, 3.63) is 101 Å². The molecule has 7 heteroatoms. The number of hydrogen-bond acceptors (Lipinski definition) is 4. The molecule has 3 aliphatic rings. The van der Waals surface area contributed by atoms with Gasteiger partial charge < -0.3 is 14.8 Å². The molecule has 1 aromatic heterocycles. The summed E-state index contributed by atoms with van der Waals surface area (Å²) in [6.07, 6.45) is 7.94. The number of amides is 2. The number of hydrogen-bond donors (Lipinski definition) is 1. The molecule has 3 aliphatic heterocycles. The summed E-state index contributed by atoms with van der Waals surface area (Å²) < 4.78 is 2.51. The molecule has 3 saturated heterocycles. The first-order valence-corrected chi connectivity index (χ1v) is 16.3. The average molecular weight is 590 g/mol. The van der Waals surface area contributed by atoms with Gasteiger partial charge in [-0.3, -0.25) is 14.5 Å². The van der Waals surface area contributed by atoms with Crippen LogP contribution in [0.4, 0.5) is 0 Å². The van der Waals surface area contributed by atoms with Crippen LogP contribution in [0.2, 0.25) is 0 Å². The number of piperidine rings is 2. The SMILES string of the molecule is CNC(=O)c1cccc(C(=O)N2CCC(CCN3[C@@H]4CC[C@H]3CC(n3c(C)nc5ccccc53)C4)(c3ccccc3)CC2)c1. The van der Waals surface area contributed by atoms with Crippen LogP contribution < -0.4 is 5.32 Å². The first-order valence-electron chi connectivity index (χ1n) is 16.3. The number of aryl methyl sites for hydroxylation is 1. The summed E-state index contributed by atoms with van der Waals surface area (Å²) in [6, 6.07) is 28.4. The summed E-state index contributed by atoms with van der Waals surface area (Å²) in [7, 11) is 1.61. The van der Waals surface area contributed by atoms with Gasteiger partial charge in [0.05, 0.1) is 11.0 Å². The highest BCUT2D eigenvalue weighted by atomic mass is 16.2. The molecule has 44 heavy (non-hydrogen) atoms. The predicted octanol–water partition coefficient (Wildman–Crippen LogP) is 6.14. The lowest BCUT2D eigenvalue weighted by Crippen LogP contribution is -2.49. The van der Waals surface area contributed by atoms with E-state index in [-0.39, 0.29) is 17.2 Å². The number of nitrogens with zero attached hydrogens (tertiary/aromatic N) is 4. The van der Waals surface area contributed by atoms with Gasteiger partial charge in [0.1, 0.15) is 5.82 Å². The van der Waals surface area contributed by atoms with Crippen molar-refractivity contribution in [2.75, 3.05) is 26.7 Å². The topological polar surface area (TPSA) is 70.5 Å². The van der Waals surface area contributed by atoms with Gasteiger partial charge in [0, 0.05) is 49.4 Å². The number of aromatic nitrogens is 2. The molecular formula is C37H43N5O2. The van der Waals surface area contributed by atoms with Gasteiger partial charge in [0.15, 0.2) is 0 Å². The second kappa shape index (κ2) is 11.8. The minimum absolute atomic E-state index is 0.0138. The molecule has 0 radical (unpaired) electrons. The van der Waals surface area contributed by atoms with Crippen LogP contribution in [0.1, 0.15) is 83.1 Å². The maximum absolute atomic E-state index is 13.5. The fraction of sp³-hybridized carbons (Fsp3) is 0.432. The van der Waals surface area contributed by atoms with E-state index in [0.29, 0.717) is 29.3 Å². The van der Waals surface area contributed by atoms with E-state index < -0.39 is 0 Å². The summed E-state index contributed by atoms with van der Waals surface area (Å²) in [5.74, 6) is 0.974. The van der Waals surface area contributed by atoms with Gasteiger partial charge in [-0.25, -0.2) is 4.98 Å². The Morgan fingerprint density at radius 1 is 0.864 bits per heavy atom. The smallest absolute Gasteiger partial charge is 0.253 e. The third-order valence-electron chi connectivity index (χ3n) is 10.8. The molecule has 0 aliphatic carbocycles. The van der Waals surface area contributed by atoms with Crippen molar-refractivity contribution in [1.29, 1.82) is 0 Å². The number of nitrogens with one attached hydrogen (secondary N) is 1. The van der Waals surface area contributed by atoms with Crippen molar-refractivity contribution in [3.8, 4) is 0 Å². The van der Waals surface area contributed by atoms with Crippen LogP contribution in [0.15, 0.2) is 78.9 Å². The Morgan fingerprint density at radius 3 is 2.27 bits per heavy atom. The van der Waals surface area contributed by atoms with Crippen LogP contribution in [-0.4, -0.2) is 69.9 Å². The van der Waals surface area contributed by atoms with Gasteiger partial charge in [-0.2, -0.15) is 0 Å². The monoisotopic (exact) mass is 589 g/mol. The van der Waals surface area contributed by atoms with Gasteiger partial charge >= 0.3 is 0 Å². The Hall–Kier alpha value is -3.97. The Morgan fingerprint density at radius 2 is 1.55 bits per heavy atom. The molecule has 228 valence electrons. The number of fused-ring (bicyclic) bond motifs is 3. The molecule has 4 aromatic rings. The number of imidazole rings is 1. The minimum atomic E-state index is -0.173. The van der Waals surface area contributed by atoms with Gasteiger partial charge in [0.25, 0.3) is 11.8 Å². The van der Waals surface area contributed by atoms with Crippen molar-refractivity contribution in [3.63, 3.8) is 0 Å². The Balaban J connectivity index is 1.05. The number of benzene rings is 3. The van der Waals surface area contributed by atoms with Gasteiger partial charge in [0.2, 0.25) is 0 Å². The zero-order valence-corrected chi connectivity index (χ0v) is 25.9. The molecular weight excluding hydrogens is 546 g/mol.